The lowest BCUT2D eigenvalue weighted by atomic mass is 9.48. The molecule has 1 saturated carbocycles. The summed E-state index contributed by atoms with van der Waals surface area (Å²) in [5, 5.41) is 0. The quantitative estimate of drug-likeness (QED) is 0.344. The maximum Gasteiger partial charge on any atom is 0.0608 e. The third-order valence-corrected chi connectivity index (χ3v) is 9.40. The second-order valence-electron chi connectivity index (χ2n) is 6.80. The fourth-order valence-corrected chi connectivity index (χ4v) is 6.55. The Balaban J connectivity index is 2.50. The van der Waals surface area contributed by atoms with Crippen molar-refractivity contribution in [2.75, 3.05) is 0 Å². The first-order chi connectivity index (χ1) is 8.15. The van der Waals surface area contributed by atoms with Gasteiger partial charge in [0, 0.05) is 15.1 Å². The van der Waals surface area contributed by atoms with Gasteiger partial charge in [-0.25, -0.2) is 0 Å². The summed E-state index contributed by atoms with van der Waals surface area (Å²) in [5.41, 5.74) is 1.90. The van der Waals surface area contributed by atoms with E-state index in [0.29, 0.717) is 9.65 Å². The standard InChI is InChI=1S/C15H23Br2Cl/c1-10-5-7-15(8-6-10)13(2,3)11(16)9-12(17)14(15,4)18/h5,11-12H,6-9H2,1-4H3. The second kappa shape index (κ2) is 4.77. The third kappa shape index (κ3) is 1.97. The first kappa shape index (κ1) is 15.4. The molecule has 0 saturated heterocycles. The topological polar surface area (TPSA) is 0 Å². The Kier molecular flexibility index (Phi) is 4.08. The molecule has 0 amide bonds. The van der Waals surface area contributed by atoms with Crippen LogP contribution in [0.15, 0.2) is 11.6 Å². The molecule has 2 aliphatic rings. The highest BCUT2D eigenvalue weighted by atomic mass is 79.9. The summed E-state index contributed by atoms with van der Waals surface area (Å²) in [7, 11) is 0. The van der Waals surface area contributed by atoms with Crippen molar-refractivity contribution in [3.05, 3.63) is 11.6 Å². The lowest BCUT2D eigenvalue weighted by molar-refractivity contribution is -0.0157. The van der Waals surface area contributed by atoms with Crippen molar-refractivity contribution in [1.82, 2.24) is 0 Å². The Labute approximate surface area is 133 Å². The molecule has 2 rings (SSSR count). The van der Waals surface area contributed by atoms with Crippen LogP contribution in [0.4, 0.5) is 0 Å². The van der Waals surface area contributed by atoms with Gasteiger partial charge in [-0.3, -0.25) is 0 Å². The average Bonchev–Trinajstić information content (AvgIpc) is 2.27. The van der Waals surface area contributed by atoms with Gasteiger partial charge < -0.3 is 0 Å². The van der Waals surface area contributed by atoms with Gasteiger partial charge in [-0.2, -0.15) is 0 Å². The number of allylic oxidation sites excluding steroid dienone is 2. The molecule has 4 atom stereocenters. The monoisotopic (exact) mass is 396 g/mol. The molecule has 0 aromatic carbocycles. The molecule has 0 heterocycles. The average molecular weight is 399 g/mol. The number of halogens is 3. The van der Waals surface area contributed by atoms with E-state index in [1.807, 2.05) is 0 Å². The van der Waals surface area contributed by atoms with Crippen molar-refractivity contribution in [2.45, 2.75) is 67.9 Å². The van der Waals surface area contributed by atoms with Crippen molar-refractivity contribution in [2.24, 2.45) is 10.8 Å². The minimum atomic E-state index is -0.183. The van der Waals surface area contributed by atoms with Gasteiger partial charge >= 0.3 is 0 Å². The Morgan fingerprint density at radius 2 is 1.83 bits per heavy atom. The van der Waals surface area contributed by atoms with Gasteiger partial charge in [0.15, 0.2) is 0 Å². The van der Waals surface area contributed by atoms with E-state index in [4.69, 9.17) is 11.6 Å². The van der Waals surface area contributed by atoms with Crippen LogP contribution in [0.25, 0.3) is 0 Å². The Morgan fingerprint density at radius 3 is 2.33 bits per heavy atom. The van der Waals surface area contributed by atoms with Crippen molar-refractivity contribution < 1.29 is 0 Å². The number of hydrogen-bond donors (Lipinski definition) is 0. The summed E-state index contributed by atoms with van der Waals surface area (Å²) in [6.07, 6.45) is 7.00. The van der Waals surface area contributed by atoms with Gasteiger partial charge in [0.25, 0.3) is 0 Å². The van der Waals surface area contributed by atoms with Gasteiger partial charge in [0.2, 0.25) is 0 Å². The largest absolute Gasteiger partial charge is 0.118 e. The smallest absolute Gasteiger partial charge is 0.0608 e. The molecule has 0 N–H and O–H groups in total. The van der Waals surface area contributed by atoms with Gasteiger partial charge in [0.05, 0.1) is 4.87 Å². The first-order valence-electron chi connectivity index (χ1n) is 6.78. The molecule has 1 spiro atoms. The van der Waals surface area contributed by atoms with E-state index in [1.165, 1.54) is 18.4 Å². The van der Waals surface area contributed by atoms with Crippen molar-refractivity contribution in [1.29, 1.82) is 0 Å². The molecule has 18 heavy (non-hydrogen) atoms. The molecule has 2 aliphatic carbocycles. The van der Waals surface area contributed by atoms with Crippen LogP contribution in [0.5, 0.6) is 0 Å². The normalized spacial score (nSPS) is 48.1. The van der Waals surface area contributed by atoms with Crippen LogP contribution in [-0.4, -0.2) is 14.5 Å². The molecule has 3 heteroatoms. The third-order valence-electron chi connectivity index (χ3n) is 5.70. The number of alkyl halides is 3. The molecule has 1 fully saturated rings. The highest BCUT2D eigenvalue weighted by Gasteiger charge is 2.63. The van der Waals surface area contributed by atoms with E-state index >= 15 is 0 Å². The van der Waals surface area contributed by atoms with E-state index in [0.717, 1.165) is 12.8 Å². The molecular weight excluding hydrogens is 375 g/mol. The zero-order valence-electron chi connectivity index (χ0n) is 11.7. The minimum Gasteiger partial charge on any atom is -0.118 e. The maximum atomic E-state index is 7.06. The van der Waals surface area contributed by atoms with Crippen LogP contribution in [0.2, 0.25) is 0 Å². The van der Waals surface area contributed by atoms with E-state index in [1.54, 1.807) is 0 Å². The zero-order chi connectivity index (χ0) is 13.8. The molecular formula is C15H23Br2Cl. The summed E-state index contributed by atoms with van der Waals surface area (Å²) in [6, 6.07) is 0. The first-order valence-corrected chi connectivity index (χ1v) is 8.99. The number of hydrogen-bond acceptors (Lipinski definition) is 0. The van der Waals surface area contributed by atoms with Crippen LogP contribution < -0.4 is 0 Å². The Hall–Kier alpha value is 0.990. The molecule has 0 aromatic heterocycles. The van der Waals surface area contributed by atoms with Crippen LogP contribution >= 0.6 is 43.5 Å². The van der Waals surface area contributed by atoms with Gasteiger partial charge in [-0.15, -0.1) is 11.6 Å². The summed E-state index contributed by atoms with van der Waals surface area (Å²) in [6.45, 7) is 9.26. The molecule has 0 aromatic rings. The molecule has 0 radical (unpaired) electrons. The second-order valence-corrected chi connectivity index (χ2v) is 9.80. The molecule has 0 bridgehead atoms. The molecule has 0 nitrogen and oxygen atoms in total. The summed E-state index contributed by atoms with van der Waals surface area (Å²) < 4.78 is 0. The van der Waals surface area contributed by atoms with Gasteiger partial charge in [-0.05, 0) is 44.9 Å². The van der Waals surface area contributed by atoms with Crippen LogP contribution in [-0.2, 0) is 0 Å². The predicted molar refractivity (Wildman–Crippen MR) is 88.1 cm³/mol. The lowest BCUT2D eigenvalue weighted by Crippen LogP contribution is -2.63. The molecule has 4 unspecified atom stereocenters. The number of rotatable bonds is 0. The van der Waals surface area contributed by atoms with Crippen LogP contribution in [0.1, 0.15) is 53.4 Å². The SMILES string of the molecule is CC1=CCC2(CC1)C(C)(C)C(Br)CC(Br)C2(C)Cl. The van der Waals surface area contributed by atoms with Crippen LogP contribution in [0, 0.1) is 10.8 Å². The molecule has 0 aliphatic heterocycles. The van der Waals surface area contributed by atoms with E-state index < -0.39 is 0 Å². The fourth-order valence-electron chi connectivity index (χ4n) is 3.92. The highest BCUT2D eigenvalue weighted by Crippen LogP contribution is 2.66. The predicted octanol–water partition coefficient (Wildman–Crippen LogP) is 6.06. The van der Waals surface area contributed by atoms with Crippen molar-refractivity contribution in [3.63, 3.8) is 0 Å². The van der Waals surface area contributed by atoms with E-state index in [2.05, 4.69) is 65.6 Å². The summed E-state index contributed by atoms with van der Waals surface area (Å²) >= 11 is 14.8. The Morgan fingerprint density at radius 1 is 1.22 bits per heavy atom. The summed E-state index contributed by atoms with van der Waals surface area (Å²) in [4.78, 5) is 0.710. The lowest BCUT2D eigenvalue weighted by Gasteiger charge is -2.63. The van der Waals surface area contributed by atoms with E-state index in [-0.39, 0.29) is 15.7 Å². The van der Waals surface area contributed by atoms with Gasteiger partial charge in [-0.1, -0.05) is 57.4 Å². The fraction of sp³-hybridized carbons (Fsp3) is 0.867. The summed E-state index contributed by atoms with van der Waals surface area (Å²) in [5.74, 6) is 0. The van der Waals surface area contributed by atoms with Gasteiger partial charge in [0.1, 0.15) is 0 Å². The molecule has 104 valence electrons. The minimum absolute atomic E-state index is 0.168. The van der Waals surface area contributed by atoms with Crippen LogP contribution in [0.3, 0.4) is 0 Å². The van der Waals surface area contributed by atoms with Crippen molar-refractivity contribution >= 4 is 43.5 Å². The maximum absolute atomic E-state index is 7.06. The highest BCUT2D eigenvalue weighted by molar-refractivity contribution is 9.10. The Bertz CT molecular complexity index is 351. The zero-order valence-corrected chi connectivity index (χ0v) is 15.6. The van der Waals surface area contributed by atoms with E-state index in [9.17, 15) is 0 Å². The van der Waals surface area contributed by atoms with Crippen molar-refractivity contribution in [3.8, 4) is 0 Å².